The Morgan fingerprint density at radius 2 is 2.15 bits per heavy atom. The van der Waals surface area contributed by atoms with Crippen LogP contribution in [0.15, 0.2) is 41.2 Å². The summed E-state index contributed by atoms with van der Waals surface area (Å²) in [5.41, 5.74) is 4.99. The van der Waals surface area contributed by atoms with Crippen molar-refractivity contribution in [2.45, 2.75) is 12.4 Å². The molecule has 5 heteroatoms. The van der Waals surface area contributed by atoms with Gasteiger partial charge in [-0.1, -0.05) is 18.2 Å². The van der Waals surface area contributed by atoms with Crippen molar-refractivity contribution >= 4 is 39.7 Å². The van der Waals surface area contributed by atoms with E-state index in [1.807, 2.05) is 30.8 Å². The highest BCUT2D eigenvalue weighted by Gasteiger charge is 2.09. The molecule has 0 unspecified atom stereocenters. The van der Waals surface area contributed by atoms with Crippen LogP contribution in [-0.4, -0.2) is 17.0 Å². The van der Waals surface area contributed by atoms with Crippen molar-refractivity contribution < 1.29 is 0 Å². The molecule has 3 aromatic rings. The molecule has 0 amide bonds. The fourth-order valence-electron chi connectivity index (χ4n) is 2.18. The number of alkyl halides is 1. The molecule has 3 rings (SSSR count). The maximum Gasteiger partial charge on any atom is 0.129 e. The lowest BCUT2D eigenvalue weighted by molar-refractivity contribution is 0.877. The van der Waals surface area contributed by atoms with Gasteiger partial charge in [-0.05, 0) is 17.7 Å². The van der Waals surface area contributed by atoms with E-state index < -0.39 is 0 Å². The number of hydrogen-bond donors (Lipinski definition) is 0. The van der Waals surface area contributed by atoms with Crippen LogP contribution in [0.2, 0.25) is 0 Å². The second-order valence-corrected chi connectivity index (χ2v) is 5.61. The van der Waals surface area contributed by atoms with Crippen LogP contribution in [0, 0.1) is 0 Å². The highest BCUT2D eigenvalue weighted by molar-refractivity contribution is 7.07. The Balaban J connectivity index is 1.98. The molecule has 0 aliphatic rings. The third-order valence-corrected chi connectivity index (χ3v) is 4.13. The smallest absolute Gasteiger partial charge is 0.129 e. The normalized spacial score (nSPS) is 10.9. The number of pyridine rings is 1. The summed E-state index contributed by atoms with van der Waals surface area (Å²) < 4.78 is 0. The molecule has 20 heavy (non-hydrogen) atoms. The first kappa shape index (κ1) is 13.3. The van der Waals surface area contributed by atoms with Gasteiger partial charge in [0.05, 0.1) is 23.3 Å². The zero-order chi connectivity index (χ0) is 13.9. The van der Waals surface area contributed by atoms with Crippen molar-refractivity contribution in [3.8, 4) is 0 Å². The van der Waals surface area contributed by atoms with Crippen LogP contribution < -0.4 is 4.90 Å². The summed E-state index contributed by atoms with van der Waals surface area (Å²) in [7, 11) is 2.02. The lowest BCUT2D eigenvalue weighted by Crippen LogP contribution is -2.18. The molecule has 0 fully saturated rings. The molecule has 102 valence electrons. The van der Waals surface area contributed by atoms with Gasteiger partial charge in [-0.25, -0.2) is 9.97 Å². The first-order chi connectivity index (χ1) is 9.78. The number of rotatable bonds is 4. The number of hydrogen-bond acceptors (Lipinski definition) is 4. The molecule has 0 bridgehead atoms. The van der Waals surface area contributed by atoms with E-state index >= 15 is 0 Å². The molecule has 0 saturated carbocycles. The summed E-state index contributed by atoms with van der Waals surface area (Å²) in [4.78, 5) is 11.1. The predicted octanol–water partition coefficient (Wildman–Crippen LogP) is 4.07. The van der Waals surface area contributed by atoms with Crippen molar-refractivity contribution in [1.82, 2.24) is 9.97 Å². The van der Waals surface area contributed by atoms with Crippen LogP contribution in [0.3, 0.4) is 0 Å². The van der Waals surface area contributed by atoms with Crippen molar-refractivity contribution in [3.05, 3.63) is 52.5 Å². The van der Waals surface area contributed by atoms with Crippen molar-refractivity contribution in [2.75, 3.05) is 11.9 Å². The molecule has 1 aromatic carbocycles. The SMILES string of the molecule is CN(Cc1cscn1)c1cc(CCl)c2ccccc2n1. The largest absolute Gasteiger partial charge is 0.354 e. The average molecular weight is 304 g/mol. The molecular formula is C15H14ClN3S. The van der Waals surface area contributed by atoms with Gasteiger partial charge < -0.3 is 4.90 Å². The van der Waals surface area contributed by atoms with E-state index in [-0.39, 0.29) is 0 Å². The minimum absolute atomic E-state index is 0.487. The third kappa shape index (κ3) is 2.62. The topological polar surface area (TPSA) is 29.0 Å². The van der Waals surface area contributed by atoms with E-state index in [1.165, 1.54) is 0 Å². The molecule has 0 radical (unpaired) electrons. The number of para-hydroxylation sites is 1. The number of anilines is 1. The first-order valence-corrected chi connectivity index (χ1v) is 7.78. The van der Waals surface area contributed by atoms with Crippen LogP contribution in [0.25, 0.3) is 10.9 Å². The number of fused-ring (bicyclic) bond motifs is 1. The Kier molecular flexibility index (Phi) is 3.85. The van der Waals surface area contributed by atoms with Gasteiger partial charge in [-0.2, -0.15) is 0 Å². The monoisotopic (exact) mass is 303 g/mol. The minimum atomic E-state index is 0.487. The van der Waals surface area contributed by atoms with Crippen molar-refractivity contribution in [2.24, 2.45) is 0 Å². The Bertz CT molecular complexity index is 712. The number of nitrogens with zero attached hydrogens (tertiary/aromatic N) is 3. The van der Waals surface area contributed by atoms with Gasteiger partial charge in [0, 0.05) is 23.7 Å². The molecule has 0 aliphatic carbocycles. The fourth-order valence-corrected chi connectivity index (χ4v) is 2.95. The molecule has 0 aliphatic heterocycles. The lowest BCUT2D eigenvalue weighted by Gasteiger charge is -2.18. The summed E-state index contributed by atoms with van der Waals surface area (Å²) in [6.07, 6.45) is 0. The highest BCUT2D eigenvalue weighted by Crippen LogP contribution is 2.24. The second-order valence-electron chi connectivity index (χ2n) is 4.63. The maximum absolute atomic E-state index is 6.07. The van der Waals surface area contributed by atoms with Crippen LogP contribution in [0.5, 0.6) is 0 Å². The number of benzene rings is 1. The number of thiazole rings is 1. The lowest BCUT2D eigenvalue weighted by atomic mass is 10.1. The van der Waals surface area contributed by atoms with Crippen molar-refractivity contribution in [3.63, 3.8) is 0 Å². The summed E-state index contributed by atoms with van der Waals surface area (Å²) in [6.45, 7) is 0.747. The van der Waals surface area contributed by atoms with E-state index in [0.717, 1.165) is 34.5 Å². The summed E-state index contributed by atoms with van der Waals surface area (Å²) in [6, 6.07) is 10.1. The third-order valence-electron chi connectivity index (χ3n) is 3.21. The van der Waals surface area contributed by atoms with Crippen molar-refractivity contribution in [1.29, 1.82) is 0 Å². The molecule has 0 spiro atoms. The van der Waals surface area contributed by atoms with Crippen LogP contribution in [0.4, 0.5) is 5.82 Å². The second kappa shape index (κ2) is 5.77. The Labute approximate surface area is 126 Å². The van der Waals surface area contributed by atoms with E-state index in [1.54, 1.807) is 11.3 Å². The molecule has 0 N–H and O–H groups in total. The van der Waals surface area contributed by atoms with E-state index in [2.05, 4.69) is 27.4 Å². The van der Waals surface area contributed by atoms with Gasteiger partial charge in [-0.3, -0.25) is 0 Å². The minimum Gasteiger partial charge on any atom is -0.354 e. The fraction of sp³-hybridized carbons (Fsp3) is 0.200. The molecular weight excluding hydrogens is 290 g/mol. The van der Waals surface area contributed by atoms with Gasteiger partial charge in [0.25, 0.3) is 0 Å². The van der Waals surface area contributed by atoms with Crippen LogP contribution in [-0.2, 0) is 12.4 Å². The summed E-state index contributed by atoms with van der Waals surface area (Å²) in [5.74, 6) is 1.41. The Morgan fingerprint density at radius 3 is 2.90 bits per heavy atom. The van der Waals surface area contributed by atoms with Crippen LogP contribution >= 0.6 is 22.9 Å². The molecule has 2 aromatic heterocycles. The first-order valence-electron chi connectivity index (χ1n) is 6.31. The molecule has 0 saturated heterocycles. The summed E-state index contributed by atoms with van der Waals surface area (Å²) >= 11 is 7.68. The van der Waals surface area contributed by atoms with E-state index in [4.69, 9.17) is 16.6 Å². The molecule has 3 nitrogen and oxygen atoms in total. The van der Waals surface area contributed by atoms with Gasteiger partial charge in [-0.15, -0.1) is 22.9 Å². The molecule has 0 atom stereocenters. The zero-order valence-corrected chi connectivity index (χ0v) is 12.7. The molecule has 2 heterocycles. The standard InChI is InChI=1S/C15H14ClN3S/c1-19(8-12-9-20-10-17-12)15-6-11(7-16)13-4-2-3-5-14(13)18-15/h2-6,9-10H,7-8H2,1H3. The quantitative estimate of drug-likeness (QED) is 0.680. The number of aromatic nitrogens is 2. The van der Waals surface area contributed by atoms with Gasteiger partial charge in [0.15, 0.2) is 0 Å². The Morgan fingerprint density at radius 1 is 1.30 bits per heavy atom. The zero-order valence-electron chi connectivity index (χ0n) is 11.1. The van der Waals surface area contributed by atoms with Gasteiger partial charge in [0.1, 0.15) is 5.82 Å². The van der Waals surface area contributed by atoms with Gasteiger partial charge >= 0.3 is 0 Å². The average Bonchev–Trinajstić information content (AvgIpc) is 2.99. The Hall–Kier alpha value is -1.65. The van der Waals surface area contributed by atoms with E-state index in [0.29, 0.717) is 5.88 Å². The van der Waals surface area contributed by atoms with Gasteiger partial charge in [0.2, 0.25) is 0 Å². The predicted molar refractivity (Wildman–Crippen MR) is 85.5 cm³/mol. The highest BCUT2D eigenvalue weighted by atomic mass is 35.5. The maximum atomic E-state index is 6.07. The number of halogens is 1. The van der Waals surface area contributed by atoms with Crippen LogP contribution in [0.1, 0.15) is 11.3 Å². The van der Waals surface area contributed by atoms with E-state index in [9.17, 15) is 0 Å². The summed E-state index contributed by atoms with van der Waals surface area (Å²) in [5, 5.41) is 3.17.